The van der Waals surface area contributed by atoms with E-state index < -0.39 is 0 Å². The standard InChI is InChI=1S/C15H21NO2/c17-11-3-10-16-15(18)14-8-6-13(7-9-14)12-4-1-2-5-12/h6-9,12,17H,1-5,10-11H2,(H,16,18). The van der Waals surface area contributed by atoms with Gasteiger partial charge in [0.05, 0.1) is 0 Å². The molecule has 1 aromatic carbocycles. The van der Waals surface area contributed by atoms with Crippen LogP contribution in [0.15, 0.2) is 24.3 Å². The zero-order valence-corrected chi connectivity index (χ0v) is 10.7. The highest BCUT2D eigenvalue weighted by atomic mass is 16.3. The number of rotatable bonds is 5. The van der Waals surface area contributed by atoms with Crippen LogP contribution >= 0.6 is 0 Å². The minimum Gasteiger partial charge on any atom is -0.396 e. The molecule has 1 saturated carbocycles. The highest BCUT2D eigenvalue weighted by molar-refractivity contribution is 5.94. The van der Waals surface area contributed by atoms with Crippen LogP contribution < -0.4 is 5.32 Å². The van der Waals surface area contributed by atoms with Crippen molar-refractivity contribution in [3.63, 3.8) is 0 Å². The van der Waals surface area contributed by atoms with Crippen LogP contribution in [0.25, 0.3) is 0 Å². The fourth-order valence-electron chi connectivity index (χ4n) is 2.55. The van der Waals surface area contributed by atoms with E-state index in [2.05, 4.69) is 17.4 Å². The summed E-state index contributed by atoms with van der Waals surface area (Å²) in [5.74, 6) is 0.637. The fourth-order valence-corrected chi connectivity index (χ4v) is 2.55. The number of amides is 1. The van der Waals surface area contributed by atoms with Crippen molar-refractivity contribution in [2.75, 3.05) is 13.2 Å². The second-order valence-corrected chi connectivity index (χ2v) is 4.94. The Bertz CT molecular complexity index is 380. The van der Waals surface area contributed by atoms with Gasteiger partial charge in [0, 0.05) is 18.7 Å². The van der Waals surface area contributed by atoms with Crippen molar-refractivity contribution in [3.05, 3.63) is 35.4 Å². The van der Waals surface area contributed by atoms with Gasteiger partial charge in [-0.1, -0.05) is 25.0 Å². The number of benzene rings is 1. The quantitative estimate of drug-likeness (QED) is 0.785. The number of carbonyl (C=O) groups excluding carboxylic acids is 1. The van der Waals surface area contributed by atoms with E-state index in [0.29, 0.717) is 24.4 Å². The van der Waals surface area contributed by atoms with Crippen LogP contribution in [0, 0.1) is 0 Å². The van der Waals surface area contributed by atoms with Crippen LogP contribution in [0.4, 0.5) is 0 Å². The molecular formula is C15H21NO2. The van der Waals surface area contributed by atoms with Crippen molar-refractivity contribution in [2.45, 2.75) is 38.0 Å². The molecule has 0 atom stereocenters. The van der Waals surface area contributed by atoms with Crippen LogP contribution in [0.5, 0.6) is 0 Å². The molecule has 3 nitrogen and oxygen atoms in total. The Balaban J connectivity index is 1.92. The zero-order chi connectivity index (χ0) is 12.8. The second-order valence-electron chi connectivity index (χ2n) is 4.94. The van der Waals surface area contributed by atoms with Gasteiger partial charge in [0.2, 0.25) is 0 Å². The molecular weight excluding hydrogens is 226 g/mol. The third-order valence-electron chi connectivity index (χ3n) is 3.62. The van der Waals surface area contributed by atoms with E-state index in [1.165, 1.54) is 31.2 Å². The Labute approximate surface area is 108 Å². The van der Waals surface area contributed by atoms with Gasteiger partial charge in [-0.25, -0.2) is 0 Å². The summed E-state index contributed by atoms with van der Waals surface area (Å²) in [5, 5.41) is 11.4. The Morgan fingerprint density at radius 2 is 1.89 bits per heavy atom. The molecule has 0 aliphatic heterocycles. The first-order chi connectivity index (χ1) is 8.81. The number of hydrogen-bond donors (Lipinski definition) is 2. The van der Waals surface area contributed by atoms with Crippen molar-refractivity contribution in [1.82, 2.24) is 5.32 Å². The normalized spacial score (nSPS) is 15.8. The molecule has 1 aliphatic rings. The zero-order valence-electron chi connectivity index (χ0n) is 10.7. The minimum absolute atomic E-state index is 0.0542. The highest BCUT2D eigenvalue weighted by Crippen LogP contribution is 2.33. The average molecular weight is 247 g/mol. The summed E-state index contributed by atoms with van der Waals surface area (Å²) in [7, 11) is 0. The monoisotopic (exact) mass is 247 g/mol. The van der Waals surface area contributed by atoms with Crippen LogP contribution in [0.2, 0.25) is 0 Å². The Kier molecular flexibility index (Phi) is 4.76. The van der Waals surface area contributed by atoms with Crippen molar-refractivity contribution in [2.24, 2.45) is 0 Å². The van der Waals surface area contributed by atoms with Gasteiger partial charge >= 0.3 is 0 Å². The molecule has 0 bridgehead atoms. The van der Waals surface area contributed by atoms with Crippen LogP contribution in [-0.4, -0.2) is 24.2 Å². The molecule has 0 spiro atoms. The summed E-state index contributed by atoms with van der Waals surface area (Å²) in [6.07, 6.45) is 5.82. The number of hydrogen-bond acceptors (Lipinski definition) is 2. The van der Waals surface area contributed by atoms with Crippen LogP contribution in [0.3, 0.4) is 0 Å². The maximum absolute atomic E-state index is 11.8. The summed E-state index contributed by atoms with van der Waals surface area (Å²) in [6.45, 7) is 0.639. The largest absolute Gasteiger partial charge is 0.396 e. The summed E-state index contributed by atoms with van der Waals surface area (Å²) in [5.41, 5.74) is 2.06. The molecule has 0 unspecified atom stereocenters. The van der Waals surface area contributed by atoms with Gasteiger partial charge in [-0.2, -0.15) is 0 Å². The van der Waals surface area contributed by atoms with Crippen LogP contribution in [-0.2, 0) is 0 Å². The number of nitrogens with one attached hydrogen (secondary N) is 1. The van der Waals surface area contributed by atoms with Gasteiger partial charge in [-0.15, -0.1) is 0 Å². The van der Waals surface area contributed by atoms with Crippen molar-refractivity contribution in [3.8, 4) is 0 Å². The summed E-state index contributed by atoms with van der Waals surface area (Å²) < 4.78 is 0. The Hall–Kier alpha value is -1.35. The summed E-state index contributed by atoms with van der Waals surface area (Å²) in [4.78, 5) is 11.8. The molecule has 2 N–H and O–H groups in total. The van der Waals surface area contributed by atoms with E-state index in [0.717, 1.165) is 0 Å². The van der Waals surface area contributed by atoms with Gasteiger partial charge in [-0.05, 0) is 42.9 Å². The lowest BCUT2D eigenvalue weighted by Crippen LogP contribution is -2.24. The molecule has 0 saturated heterocycles. The molecule has 1 aromatic rings. The molecule has 2 rings (SSSR count). The Morgan fingerprint density at radius 1 is 1.22 bits per heavy atom. The van der Waals surface area contributed by atoms with E-state index in [4.69, 9.17) is 5.11 Å². The molecule has 1 amide bonds. The SMILES string of the molecule is O=C(NCCCO)c1ccc(C2CCCC2)cc1. The molecule has 0 heterocycles. The molecule has 0 radical (unpaired) electrons. The second kappa shape index (κ2) is 6.55. The number of aliphatic hydroxyl groups is 1. The lowest BCUT2D eigenvalue weighted by molar-refractivity contribution is 0.0951. The summed E-state index contributed by atoms with van der Waals surface area (Å²) in [6, 6.07) is 7.97. The minimum atomic E-state index is -0.0542. The van der Waals surface area contributed by atoms with Crippen molar-refractivity contribution >= 4 is 5.91 Å². The lowest BCUT2D eigenvalue weighted by atomic mass is 9.96. The molecule has 1 fully saturated rings. The third kappa shape index (κ3) is 3.33. The van der Waals surface area contributed by atoms with Gasteiger partial charge in [0.1, 0.15) is 0 Å². The first-order valence-electron chi connectivity index (χ1n) is 6.80. The predicted octanol–water partition coefficient (Wildman–Crippen LogP) is 2.46. The van der Waals surface area contributed by atoms with Gasteiger partial charge < -0.3 is 10.4 Å². The maximum Gasteiger partial charge on any atom is 0.251 e. The maximum atomic E-state index is 11.8. The van der Waals surface area contributed by atoms with Gasteiger partial charge in [-0.3, -0.25) is 4.79 Å². The van der Waals surface area contributed by atoms with E-state index in [-0.39, 0.29) is 12.5 Å². The van der Waals surface area contributed by atoms with Gasteiger partial charge in [0.25, 0.3) is 5.91 Å². The third-order valence-corrected chi connectivity index (χ3v) is 3.62. The van der Waals surface area contributed by atoms with Crippen molar-refractivity contribution < 1.29 is 9.90 Å². The lowest BCUT2D eigenvalue weighted by Gasteiger charge is -2.10. The smallest absolute Gasteiger partial charge is 0.251 e. The summed E-state index contributed by atoms with van der Waals surface area (Å²) >= 11 is 0. The molecule has 0 aromatic heterocycles. The Morgan fingerprint density at radius 3 is 2.50 bits per heavy atom. The highest BCUT2D eigenvalue weighted by Gasteiger charge is 2.17. The van der Waals surface area contributed by atoms with E-state index >= 15 is 0 Å². The molecule has 1 aliphatic carbocycles. The first kappa shape index (κ1) is 13.1. The molecule has 98 valence electrons. The predicted molar refractivity (Wildman–Crippen MR) is 71.7 cm³/mol. The van der Waals surface area contributed by atoms with Gasteiger partial charge in [0.15, 0.2) is 0 Å². The van der Waals surface area contributed by atoms with E-state index in [1.807, 2.05) is 12.1 Å². The topological polar surface area (TPSA) is 49.3 Å². The molecule has 3 heteroatoms. The molecule has 18 heavy (non-hydrogen) atoms. The van der Waals surface area contributed by atoms with Crippen LogP contribution in [0.1, 0.15) is 53.9 Å². The van der Waals surface area contributed by atoms with Crippen molar-refractivity contribution in [1.29, 1.82) is 0 Å². The first-order valence-corrected chi connectivity index (χ1v) is 6.80. The van der Waals surface area contributed by atoms with E-state index in [9.17, 15) is 4.79 Å². The average Bonchev–Trinajstić information content (AvgIpc) is 2.93. The number of aliphatic hydroxyl groups excluding tert-OH is 1. The fraction of sp³-hybridized carbons (Fsp3) is 0.533. The number of carbonyl (C=O) groups is 1. The van der Waals surface area contributed by atoms with E-state index in [1.54, 1.807) is 0 Å².